The van der Waals surface area contributed by atoms with Crippen molar-refractivity contribution < 1.29 is 14.0 Å². The molecule has 1 heterocycles. The number of hydrogen-bond donors (Lipinski definition) is 0. The second kappa shape index (κ2) is 8.16. The lowest BCUT2D eigenvalue weighted by atomic mass is 10.2. The molecule has 1 aromatic carbocycles. The van der Waals surface area contributed by atoms with Crippen molar-refractivity contribution in [1.29, 1.82) is 0 Å². The normalized spacial score (nSPS) is 13.3. The number of esters is 1. The number of ether oxygens (including phenoxy) is 1. The Morgan fingerprint density at radius 1 is 1.19 bits per heavy atom. The zero-order valence-corrected chi connectivity index (χ0v) is 19.4. The highest BCUT2D eigenvalue weighted by atomic mass is 32.1. The van der Waals surface area contributed by atoms with Crippen LogP contribution in [-0.4, -0.2) is 34.7 Å². The van der Waals surface area contributed by atoms with Crippen LogP contribution in [0.5, 0.6) is 0 Å². The molecule has 1 unspecified atom stereocenters. The topological polar surface area (TPSA) is 38.8 Å². The second-order valence-electron chi connectivity index (χ2n) is 8.27. The highest BCUT2D eigenvalue weighted by Crippen LogP contribution is 2.40. The van der Waals surface area contributed by atoms with Gasteiger partial charge in [-0.15, -0.1) is 11.3 Å². The molecule has 27 heavy (non-hydrogen) atoms. The van der Waals surface area contributed by atoms with Gasteiger partial charge < -0.3 is 14.1 Å². The summed E-state index contributed by atoms with van der Waals surface area (Å²) in [5, 5.41) is 0.122. The minimum Gasteiger partial charge on any atom is -0.465 e. The van der Waals surface area contributed by atoms with Crippen molar-refractivity contribution in [3.63, 3.8) is 0 Å². The van der Waals surface area contributed by atoms with Crippen LogP contribution in [0.4, 0.5) is 5.69 Å². The Labute approximate surface area is 168 Å². The number of carbonyl (C=O) groups excluding carboxylic acids is 1. The van der Waals surface area contributed by atoms with Gasteiger partial charge in [0.15, 0.2) is 8.32 Å². The van der Waals surface area contributed by atoms with Gasteiger partial charge in [0.2, 0.25) is 0 Å². The third-order valence-corrected chi connectivity index (χ3v) is 11.0. The average Bonchev–Trinajstić information content (AvgIpc) is 3.05. The fourth-order valence-corrected chi connectivity index (χ4v) is 4.99. The number of nitrogens with zero attached hydrogens (tertiary/aromatic N) is 1. The predicted octanol–water partition coefficient (Wildman–Crippen LogP) is 6.01. The minimum atomic E-state index is -1.93. The van der Waals surface area contributed by atoms with E-state index < -0.39 is 8.32 Å². The largest absolute Gasteiger partial charge is 0.465 e. The Morgan fingerprint density at radius 3 is 2.30 bits per heavy atom. The van der Waals surface area contributed by atoms with E-state index in [2.05, 4.69) is 39.9 Å². The average molecular weight is 406 g/mol. The van der Waals surface area contributed by atoms with E-state index in [0.29, 0.717) is 4.88 Å². The fourth-order valence-electron chi connectivity index (χ4n) is 2.51. The number of benzene rings is 1. The van der Waals surface area contributed by atoms with Crippen molar-refractivity contribution in [2.75, 3.05) is 19.1 Å². The Hall–Kier alpha value is -1.63. The van der Waals surface area contributed by atoms with E-state index in [-0.39, 0.29) is 17.2 Å². The standard InChI is InChI=1S/C21H31NO3SSi/c1-15(25-27(7,8)21(2,3)4)22(5)17-14-18(16-12-10-9-11-13-16)26-19(17)20(23)24-6/h9-15H,1-8H3. The summed E-state index contributed by atoms with van der Waals surface area (Å²) >= 11 is 1.45. The SMILES string of the molecule is COC(=O)c1sc(-c2ccccc2)cc1N(C)C(C)O[Si](C)(C)C(C)(C)C. The number of methoxy groups -OCH3 is 1. The van der Waals surface area contributed by atoms with Crippen LogP contribution in [0.1, 0.15) is 37.4 Å². The monoisotopic (exact) mass is 405 g/mol. The van der Waals surface area contributed by atoms with Gasteiger partial charge in [-0.2, -0.15) is 0 Å². The van der Waals surface area contributed by atoms with Crippen LogP contribution < -0.4 is 4.90 Å². The van der Waals surface area contributed by atoms with Crippen LogP contribution in [0.25, 0.3) is 10.4 Å². The number of anilines is 1. The van der Waals surface area contributed by atoms with Gasteiger partial charge in [-0.25, -0.2) is 4.79 Å². The molecule has 0 N–H and O–H groups in total. The highest BCUT2D eigenvalue weighted by Gasteiger charge is 2.39. The summed E-state index contributed by atoms with van der Waals surface area (Å²) in [4.78, 5) is 16.1. The molecule has 0 aliphatic heterocycles. The maximum atomic E-state index is 12.4. The molecule has 6 heteroatoms. The van der Waals surface area contributed by atoms with Crippen LogP contribution in [0.15, 0.2) is 36.4 Å². The van der Waals surface area contributed by atoms with Crippen molar-refractivity contribution in [3.05, 3.63) is 41.3 Å². The van der Waals surface area contributed by atoms with E-state index in [9.17, 15) is 4.79 Å². The minimum absolute atomic E-state index is 0.122. The zero-order chi connectivity index (χ0) is 20.4. The lowest BCUT2D eigenvalue weighted by molar-refractivity contribution is 0.0606. The predicted molar refractivity (Wildman–Crippen MR) is 117 cm³/mol. The van der Waals surface area contributed by atoms with Gasteiger partial charge in [0.05, 0.1) is 12.8 Å². The quantitative estimate of drug-likeness (QED) is 0.335. The molecule has 0 bridgehead atoms. The summed E-state index contributed by atoms with van der Waals surface area (Å²) in [5.41, 5.74) is 1.93. The molecule has 0 fully saturated rings. The first-order valence-corrected chi connectivity index (χ1v) is 12.9. The summed E-state index contributed by atoms with van der Waals surface area (Å²) in [6.07, 6.45) is -0.146. The molecule has 1 atom stereocenters. The van der Waals surface area contributed by atoms with Gasteiger partial charge in [0.25, 0.3) is 0 Å². The van der Waals surface area contributed by atoms with Gasteiger partial charge >= 0.3 is 5.97 Å². The van der Waals surface area contributed by atoms with Crippen molar-refractivity contribution in [3.8, 4) is 10.4 Å². The molecule has 0 aliphatic rings. The van der Waals surface area contributed by atoms with Crippen LogP contribution in [-0.2, 0) is 9.16 Å². The van der Waals surface area contributed by atoms with E-state index in [1.807, 2.05) is 49.2 Å². The first-order chi connectivity index (χ1) is 12.5. The summed E-state index contributed by atoms with van der Waals surface area (Å²) in [5.74, 6) is -0.316. The summed E-state index contributed by atoms with van der Waals surface area (Å²) < 4.78 is 11.5. The molecule has 2 aromatic rings. The molecule has 0 spiro atoms. The van der Waals surface area contributed by atoms with Crippen molar-refractivity contribution in [2.24, 2.45) is 0 Å². The lowest BCUT2D eigenvalue weighted by Gasteiger charge is -2.41. The molecule has 148 valence electrons. The molecule has 1 aromatic heterocycles. The molecule has 2 rings (SSSR count). The first-order valence-electron chi connectivity index (χ1n) is 9.16. The zero-order valence-electron chi connectivity index (χ0n) is 17.6. The molecule has 0 amide bonds. The van der Waals surface area contributed by atoms with E-state index in [4.69, 9.17) is 9.16 Å². The molecule has 0 saturated heterocycles. The molecular formula is C21H31NO3SSi. The summed E-state index contributed by atoms with van der Waals surface area (Å²) in [6.45, 7) is 13.2. The van der Waals surface area contributed by atoms with E-state index in [1.165, 1.54) is 18.4 Å². The van der Waals surface area contributed by atoms with Crippen molar-refractivity contribution in [1.82, 2.24) is 0 Å². The fraction of sp³-hybridized carbons (Fsp3) is 0.476. The molecular weight excluding hydrogens is 374 g/mol. The Balaban J connectivity index is 2.38. The third kappa shape index (κ3) is 4.81. The van der Waals surface area contributed by atoms with Gasteiger partial charge in [0, 0.05) is 11.9 Å². The van der Waals surface area contributed by atoms with E-state index in [0.717, 1.165) is 16.1 Å². The van der Waals surface area contributed by atoms with Crippen molar-refractivity contribution in [2.45, 2.75) is 52.1 Å². The smallest absolute Gasteiger partial charge is 0.350 e. The maximum absolute atomic E-state index is 12.4. The lowest BCUT2D eigenvalue weighted by Crippen LogP contribution is -2.47. The summed E-state index contributed by atoms with van der Waals surface area (Å²) in [6, 6.07) is 12.1. The third-order valence-electron chi connectivity index (χ3n) is 5.34. The second-order valence-corrected chi connectivity index (χ2v) is 14.1. The van der Waals surface area contributed by atoms with Crippen LogP contribution in [0.2, 0.25) is 18.1 Å². The highest BCUT2D eigenvalue weighted by molar-refractivity contribution is 7.18. The first kappa shape index (κ1) is 21.7. The van der Waals surface area contributed by atoms with Gasteiger partial charge in [0.1, 0.15) is 11.1 Å². The number of rotatable bonds is 6. The van der Waals surface area contributed by atoms with E-state index in [1.54, 1.807) is 0 Å². The van der Waals surface area contributed by atoms with Crippen LogP contribution >= 0.6 is 11.3 Å². The Morgan fingerprint density at radius 2 is 1.78 bits per heavy atom. The van der Waals surface area contributed by atoms with E-state index >= 15 is 0 Å². The van der Waals surface area contributed by atoms with Crippen LogP contribution in [0, 0.1) is 0 Å². The Bertz CT molecular complexity index is 780. The van der Waals surface area contributed by atoms with Gasteiger partial charge in [-0.05, 0) is 36.7 Å². The Kier molecular flexibility index (Phi) is 6.55. The van der Waals surface area contributed by atoms with Gasteiger partial charge in [-0.1, -0.05) is 51.1 Å². The molecule has 4 nitrogen and oxygen atoms in total. The molecule has 0 saturated carbocycles. The number of thiophene rings is 1. The number of hydrogen-bond acceptors (Lipinski definition) is 5. The molecule has 0 radical (unpaired) electrons. The van der Waals surface area contributed by atoms with Crippen LogP contribution in [0.3, 0.4) is 0 Å². The summed E-state index contributed by atoms with van der Waals surface area (Å²) in [7, 11) is 1.47. The molecule has 0 aliphatic carbocycles. The number of carbonyl (C=O) groups is 1. The maximum Gasteiger partial charge on any atom is 0.350 e. The van der Waals surface area contributed by atoms with Gasteiger partial charge in [-0.3, -0.25) is 0 Å². The van der Waals surface area contributed by atoms with Crippen molar-refractivity contribution >= 4 is 31.3 Å².